The summed E-state index contributed by atoms with van der Waals surface area (Å²) in [7, 11) is 0. The molecule has 0 atom stereocenters. The molecule has 1 N–H and O–H groups in total. The second-order valence-corrected chi connectivity index (χ2v) is 6.38. The van der Waals surface area contributed by atoms with Gasteiger partial charge in [0, 0.05) is 11.6 Å². The standard InChI is InChI=1S/C16H22FNO/c1-11-10-12(4-5-14(11)17)15(19)18-13-6-8-16(2,3)9-7-13/h4-5,10,13H,6-9H2,1-3H3,(H,18,19). The Morgan fingerprint density at radius 3 is 2.53 bits per heavy atom. The van der Waals surface area contributed by atoms with Crippen molar-refractivity contribution in [3.8, 4) is 0 Å². The highest BCUT2D eigenvalue weighted by Gasteiger charge is 2.27. The number of carbonyl (C=O) groups is 1. The van der Waals surface area contributed by atoms with E-state index in [4.69, 9.17) is 0 Å². The average molecular weight is 263 g/mol. The Kier molecular flexibility index (Phi) is 3.93. The lowest BCUT2D eigenvalue weighted by Crippen LogP contribution is -2.39. The van der Waals surface area contributed by atoms with Gasteiger partial charge in [-0.3, -0.25) is 4.79 Å². The molecule has 1 aliphatic carbocycles. The molecule has 1 aromatic carbocycles. The number of rotatable bonds is 2. The molecule has 2 rings (SSSR count). The molecule has 0 radical (unpaired) electrons. The number of halogens is 1. The lowest BCUT2D eigenvalue weighted by molar-refractivity contribution is 0.0909. The van der Waals surface area contributed by atoms with Crippen LogP contribution in [0.1, 0.15) is 55.5 Å². The fraction of sp³-hybridized carbons (Fsp3) is 0.562. The maximum Gasteiger partial charge on any atom is 0.251 e. The highest BCUT2D eigenvalue weighted by atomic mass is 19.1. The molecule has 0 unspecified atom stereocenters. The summed E-state index contributed by atoms with van der Waals surface area (Å²) in [4.78, 5) is 12.1. The topological polar surface area (TPSA) is 29.1 Å². The van der Waals surface area contributed by atoms with Gasteiger partial charge in [-0.15, -0.1) is 0 Å². The van der Waals surface area contributed by atoms with Crippen LogP contribution in [0.25, 0.3) is 0 Å². The molecule has 0 heterocycles. The van der Waals surface area contributed by atoms with Crippen molar-refractivity contribution in [1.29, 1.82) is 0 Å². The minimum absolute atomic E-state index is 0.0900. The quantitative estimate of drug-likeness (QED) is 0.863. The molecular weight excluding hydrogens is 241 g/mol. The van der Waals surface area contributed by atoms with E-state index in [1.54, 1.807) is 19.1 Å². The zero-order valence-corrected chi connectivity index (χ0v) is 11.9. The molecule has 0 aromatic heterocycles. The van der Waals surface area contributed by atoms with Gasteiger partial charge in [-0.2, -0.15) is 0 Å². The maximum atomic E-state index is 13.2. The molecule has 0 spiro atoms. The molecule has 3 heteroatoms. The van der Waals surface area contributed by atoms with Crippen LogP contribution in [-0.4, -0.2) is 11.9 Å². The lowest BCUT2D eigenvalue weighted by atomic mass is 9.75. The van der Waals surface area contributed by atoms with Crippen molar-refractivity contribution in [3.05, 3.63) is 35.1 Å². The van der Waals surface area contributed by atoms with Gasteiger partial charge >= 0.3 is 0 Å². The SMILES string of the molecule is Cc1cc(C(=O)NC2CCC(C)(C)CC2)ccc1F. The van der Waals surface area contributed by atoms with E-state index in [1.165, 1.54) is 6.07 Å². The number of benzene rings is 1. The third-order valence-electron chi connectivity index (χ3n) is 4.09. The van der Waals surface area contributed by atoms with E-state index >= 15 is 0 Å². The second kappa shape index (κ2) is 5.32. The molecule has 1 aliphatic rings. The molecule has 19 heavy (non-hydrogen) atoms. The van der Waals surface area contributed by atoms with Gasteiger partial charge in [0.05, 0.1) is 0 Å². The van der Waals surface area contributed by atoms with Crippen LogP contribution in [0.4, 0.5) is 4.39 Å². The van der Waals surface area contributed by atoms with Crippen molar-refractivity contribution in [2.75, 3.05) is 0 Å². The molecule has 104 valence electrons. The highest BCUT2D eigenvalue weighted by molar-refractivity contribution is 5.94. The molecule has 0 aliphatic heterocycles. The molecule has 1 fully saturated rings. The molecular formula is C16H22FNO. The van der Waals surface area contributed by atoms with Gasteiger partial charge in [-0.05, 0) is 61.8 Å². The lowest BCUT2D eigenvalue weighted by Gasteiger charge is -2.34. The summed E-state index contributed by atoms with van der Waals surface area (Å²) in [6.07, 6.45) is 4.33. The van der Waals surface area contributed by atoms with Crippen LogP contribution >= 0.6 is 0 Å². The van der Waals surface area contributed by atoms with Crippen LogP contribution in [0.15, 0.2) is 18.2 Å². The first-order valence-electron chi connectivity index (χ1n) is 6.94. The molecule has 2 nitrogen and oxygen atoms in total. The Morgan fingerprint density at radius 2 is 1.95 bits per heavy atom. The van der Waals surface area contributed by atoms with Crippen LogP contribution in [0.5, 0.6) is 0 Å². The van der Waals surface area contributed by atoms with Crippen molar-refractivity contribution in [2.24, 2.45) is 5.41 Å². The Labute approximate surface area is 114 Å². The van der Waals surface area contributed by atoms with E-state index in [2.05, 4.69) is 19.2 Å². The Balaban J connectivity index is 1.96. The summed E-state index contributed by atoms with van der Waals surface area (Å²) in [5.41, 5.74) is 1.45. The van der Waals surface area contributed by atoms with E-state index < -0.39 is 0 Å². The number of aryl methyl sites for hydroxylation is 1. The molecule has 1 aromatic rings. The average Bonchev–Trinajstić information content (AvgIpc) is 2.35. The van der Waals surface area contributed by atoms with Gasteiger partial charge in [0.25, 0.3) is 5.91 Å². The number of hydrogen-bond acceptors (Lipinski definition) is 1. The minimum Gasteiger partial charge on any atom is -0.349 e. The van der Waals surface area contributed by atoms with E-state index in [1.807, 2.05) is 0 Å². The van der Waals surface area contributed by atoms with Crippen molar-refractivity contribution in [1.82, 2.24) is 5.32 Å². The van der Waals surface area contributed by atoms with Crippen molar-refractivity contribution >= 4 is 5.91 Å². The van der Waals surface area contributed by atoms with Crippen LogP contribution in [0.2, 0.25) is 0 Å². The molecule has 0 saturated heterocycles. The van der Waals surface area contributed by atoms with Gasteiger partial charge in [0.2, 0.25) is 0 Å². The van der Waals surface area contributed by atoms with Crippen molar-refractivity contribution in [2.45, 2.75) is 52.5 Å². The predicted octanol–water partition coefficient (Wildman–Crippen LogP) is 3.83. The van der Waals surface area contributed by atoms with Gasteiger partial charge in [-0.1, -0.05) is 13.8 Å². The summed E-state index contributed by atoms with van der Waals surface area (Å²) in [6.45, 7) is 6.22. The fourth-order valence-corrected chi connectivity index (χ4v) is 2.60. The normalized spacial score (nSPS) is 19.2. The number of nitrogens with one attached hydrogen (secondary N) is 1. The predicted molar refractivity (Wildman–Crippen MR) is 74.6 cm³/mol. The summed E-state index contributed by atoms with van der Waals surface area (Å²) in [5, 5.41) is 3.06. The number of carbonyl (C=O) groups excluding carboxylic acids is 1. The Morgan fingerprint density at radius 1 is 1.32 bits per heavy atom. The van der Waals surface area contributed by atoms with E-state index in [0.717, 1.165) is 25.7 Å². The summed E-state index contributed by atoms with van der Waals surface area (Å²) < 4.78 is 13.2. The van der Waals surface area contributed by atoms with Crippen molar-refractivity contribution < 1.29 is 9.18 Å². The summed E-state index contributed by atoms with van der Waals surface area (Å²) in [5.74, 6) is -0.358. The van der Waals surface area contributed by atoms with Gasteiger partial charge in [0.1, 0.15) is 5.82 Å². The first-order valence-corrected chi connectivity index (χ1v) is 6.94. The van der Waals surface area contributed by atoms with E-state index in [0.29, 0.717) is 16.5 Å². The van der Waals surface area contributed by atoms with Gasteiger partial charge < -0.3 is 5.32 Å². The molecule has 1 saturated carbocycles. The minimum atomic E-state index is -0.268. The molecule has 1 amide bonds. The van der Waals surface area contributed by atoms with E-state index in [9.17, 15) is 9.18 Å². The largest absolute Gasteiger partial charge is 0.349 e. The third kappa shape index (κ3) is 3.55. The Hall–Kier alpha value is -1.38. The number of hydrogen-bond donors (Lipinski definition) is 1. The highest BCUT2D eigenvalue weighted by Crippen LogP contribution is 2.35. The van der Waals surface area contributed by atoms with E-state index in [-0.39, 0.29) is 17.8 Å². The van der Waals surface area contributed by atoms with Gasteiger partial charge in [-0.25, -0.2) is 4.39 Å². The smallest absolute Gasteiger partial charge is 0.251 e. The first-order chi connectivity index (χ1) is 8.87. The number of amides is 1. The van der Waals surface area contributed by atoms with Gasteiger partial charge in [0.15, 0.2) is 0 Å². The van der Waals surface area contributed by atoms with Crippen LogP contribution in [0, 0.1) is 18.2 Å². The Bertz CT molecular complexity index is 472. The van der Waals surface area contributed by atoms with Crippen LogP contribution in [-0.2, 0) is 0 Å². The maximum absolute atomic E-state index is 13.2. The monoisotopic (exact) mass is 263 g/mol. The summed E-state index contributed by atoms with van der Waals surface area (Å²) >= 11 is 0. The van der Waals surface area contributed by atoms with Crippen LogP contribution < -0.4 is 5.32 Å². The fourth-order valence-electron chi connectivity index (χ4n) is 2.60. The summed E-state index contributed by atoms with van der Waals surface area (Å²) in [6, 6.07) is 4.77. The second-order valence-electron chi connectivity index (χ2n) is 6.38. The zero-order chi connectivity index (χ0) is 14.0. The van der Waals surface area contributed by atoms with Crippen molar-refractivity contribution in [3.63, 3.8) is 0 Å². The third-order valence-corrected chi connectivity index (χ3v) is 4.09. The molecule has 0 bridgehead atoms. The van der Waals surface area contributed by atoms with Crippen LogP contribution in [0.3, 0.4) is 0 Å². The zero-order valence-electron chi connectivity index (χ0n) is 11.9. The first kappa shape index (κ1) is 14.0.